The number of benzene rings is 1. The average Bonchev–Trinajstić information content (AvgIpc) is 2.40. The van der Waals surface area contributed by atoms with Crippen LogP contribution in [0.2, 0.25) is 0 Å². The van der Waals surface area contributed by atoms with Gasteiger partial charge >= 0.3 is 15.2 Å². The minimum Gasteiger partial charge on any atom is -0.493 e. The van der Waals surface area contributed by atoms with Crippen LogP contribution in [0, 0.1) is 0 Å². The van der Waals surface area contributed by atoms with Crippen molar-refractivity contribution in [1.82, 2.24) is 0 Å². The van der Waals surface area contributed by atoms with Crippen LogP contribution in [0.5, 0.6) is 17.2 Å². The van der Waals surface area contributed by atoms with Crippen molar-refractivity contribution in [3.8, 4) is 17.2 Å². The molecule has 0 spiro atoms. The Kier molecular flexibility index (Phi) is 6.03. The number of ether oxygens (including phenoxy) is 3. The van der Waals surface area contributed by atoms with Gasteiger partial charge in [-0.3, -0.25) is 9.13 Å². The smallest absolute Gasteiger partial charge is 0.341 e. The van der Waals surface area contributed by atoms with E-state index < -0.39 is 27.0 Å². The molecule has 126 valence electrons. The zero-order chi connectivity index (χ0) is 17.1. The molecule has 0 aliphatic rings. The van der Waals surface area contributed by atoms with E-state index in [-0.39, 0.29) is 22.8 Å². The van der Waals surface area contributed by atoms with Crippen molar-refractivity contribution in [3.05, 3.63) is 17.7 Å². The third kappa shape index (κ3) is 4.46. The lowest BCUT2D eigenvalue weighted by atomic mass is 10.1. The standard InChI is InChI=1S/C11H18O9P2/c1-18-8-4-7(5-9(19-2)11(8)20-3)6-10(21(12,13)14)22(15,16)17/h4-5,10H,6H2,1-3H3,(H2,12,13,14)(H2,15,16,17). The minimum atomic E-state index is -5.00. The van der Waals surface area contributed by atoms with Crippen LogP contribution in [0.1, 0.15) is 5.56 Å². The summed E-state index contributed by atoms with van der Waals surface area (Å²) in [6.45, 7) is 0. The average molecular weight is 356 g/mol. The fourth-order valence-corrected chi connectivity index (χ4v) is 4.36. The second-order valence-corrected chi connectivity index (χ2v) is 8.41. The maximum atomic E-state index is 11.3. The molecule has 0 bridgehead atoms. The van der Waals surface area contributed by atoms with Crippen LogP contribution >= 0.6 is 15.2 Å². The molecular formula is C11H18O9P2. The molecule has 0 aliphatic carbocycles. The molecule has 0 saturated heterocycles. The summed E-state index contributed by atoms with van der Waals surface area (Å²) in [5, 5.41) is -2.14. The van der Waals surface area contributed by atoms with Gasteiger partial charge in [0.1, 0.15) is 0 Å². The Bertz CT molecular complexity index is 571. The second kappa shape index (κ2) is 7.00. The minimum absolute atomic E-state index is 0.215. The highest BCUT2D eigenvalue weighted by atomic mass is 31.2. The van der Waals surface area contributed by atoms with Crippen molar-refractivity contribution in [2.75, 3.05) is 21.3 Å². The summed E-state index contributed by atoms with van der Waals surface area (Å²) in [5.74, 6) is 0.691. The predicted molar refractivity (Wildman–Crippen MR) is 77.7 cm³/mol. The molecule has 1 aromatic rings. The zero-order valence-corrected chi connectivity index (χ0v) is 14.0. The maximum absolute atomic E-state index is 11.3. The lowest BCUT2D eigenvalue weighted by Gasteiger charge is -2.20. The van der Waals surface area contributed by atoms with Gasteiger partial charge in [0.2, 0.25) is 5.75 Å². The Labute approximate surface area is 127 Å². The monoisotopic (exact) mass is 356 g/mol. The summed E-state index contributed by atoms with van der Waals surface area (Å²) in [7, 11) is -5.92. The van der Waals surface area contributed by atoms with Crippen molar-refractivity contribution in [2.45, 2.75) is 11.8 Å². The predicted octanol–water partition coefficient (Wildman–Crippen LogP) is 0.936. The highest BCUT2D eigenvalue weighted by Gasteiger charge is 2.43. The van der Waals surface area contributed by atoms with Crippen LogP contribution in [0.15, 0.2) is 12.1 Å². The van der Waals surface area contributed by atoms with E-state index in [4.69, 9.17) is 33.8 Å². The van der Waals surface area contributed by atoms with Crippen LogP contribution < -0.4 is 14.2 Å². The SMILES string of the molecule is COc1cc(CC(P(=O)(O)O)P(=O)(O)O)cc(OC)c1OC. The highest BCUT2D eigenvalue weighted by Crippen LogP contribution is 2.61. The first kappa shape index (κ1) is 19.0. The Morgan fingerprint density at radius 2 is 1.32 bits per heavy atom. The van der Waals surface area contributed by atoms with Crippen LogP contribution in [0.3, 0.4) is 0 Å². The summed E-state index contributed by atoms with van der Waals surface area (Å²) >= 11 is 0. The van der Waals surface area contributed by atoms with Gasteiger partial charge in [-0.05, 0) is 24.1 Å². The van der Waals surface area contributed by atoms with E-state index in [0.29, 0.717) is 0 Å². The maximum Gasteiger partial charge on any atom is 0.341 e. The molecular weight excluding hydrogens is 338 g/mol. The van der Waals surface area contributed by atoms with Gasteiger partial charge in [0, 0.05) is 0 Å². The third-order valence-electron chi connectivity index (χ3n) is 2.92. The summed E-state index contributed by atoms with van der Waals surface area (Å²) in [4.78, 5) is 36.6. The molecule has 0 unspecified atom stereocenters. The van der Waals surface area contributed by atoms with Gasteiger partial charge in [0.25, 0.3) is 0 Å². The Balaban J connectivity index is 3.32. The first-order valence-electron chi connectivity index (χ1n) is 5.94. The molecule has 1 rings (SSSR count). The van der Waals surface area contributed by atoms with Crippen molar-refractivity contribution in [2.24, 2.45) is 0 Å². The van der Waals surface area contributed by atoms with Crippen molar-refractivity contribution in [3.63, 3.8) is 0 Å². The summed E-state index contributed by atoms with van der Waals surface area (Å²) in [6, 6.07) is 2.75. The molecule has 4 N–H and O–H groups in total. The molecule has 0 atom stereocenters. The van der Waals surface area contributed by atoms with E-state index in [1.807, 2.05) is 0 Å². The molecule has 0 saturated carbocycles. The third-order valence-corrected chi connectivity index (χ3v) is 6.64. The normalized spacial score (nSPS) is 12.4. The molecule has 9 nitrogen and oxygen atoms in total. The Hall–Kier alpha value is -1.08. The van der Waals surface area contributed by atoms with E-state index in [1.165, 1.54) is 33.5 Å². The van der Waals surface area contributed by atoms with E-state index in [0.717, 1.165) is 0 Å². The van der Waals surface area contributed by atoms with Gasteiger partial charge in [-0.1, -0.05) is 0 Å². The van der Waals surface area contributed by atoms with Crippen LogP contribution in [0.25, 0.3) is 0 Å². The molecule has 11 heteroatoms. The topological polar surface area (TPSA) is 143 Å². The molecule has 0 aliphatic heterocycles. The molecule has 1 aromatic carbocycles. The number of methoxy groups -OCH3 is 3. The molecule has 0 heterocycles. The van der Waals surface area contributed by atoms with E-state index in [9.17, 15) is 9.13 Å². The number of rotatable bonds is 7. The molecule has 0 amide bonds. The van der Waals surface area contributed by atoms with E-state index >= 15 is 0 Å². The van der Waals surface area contributed by atoms with Gasteiger partial charge < -0.3 is 33.8 Å². The van der Waals surface area contributed by atoms with Gasteiger partial charge in [0.05, 0.1) is 21.3 Å². The molecule has 0 radical (unpaired) electrons. The molecule has 22 heavy (non-hydrogen) atoms. The fraction of sp³-hybridized carbons (Fsp3) is 0.455. The number of hydrogen-bond acceptors (Lipinski definition) is 5. The highest BCUT2D eigenvalue weighted by molar-refractivity contribution is 7.70. The largest absolute Gasteiger partial charge is 0.493 e. The van der Waals surface area contributed by atoms with E-state index in [1.54, 1.807) is 0 Å². The van der Waals surface area contributed by atoms with Crippen LogP contribution in [0.4, 0.5) is 0 Å². The van der Waals surface area contributed by atoms with Gasteiger partial charge in [0.15, 0.2) is 16.9 Å². The summed E-state index contributed by atoms with van der Waals surface area (Å²) in [6.07, 6.45) is -0.550. The van der Waals surface area contributed by atoms with Crippen LogP contribution in [-0.4, -0.2) is 46.3 Å². The van der Waals surface area contributed by atoms with Gasteiger partial charge in [-0.2, -0.15) is 0 Å². The van der Waals surface area contributed by atoms with E-state index in [2.05, 4.69) is 0 Å². The first-order valence-corrected chi connectivity index (χ1v) is 9.30. The van der Waals surface area contributed by atoms with Crippen molar-refractivity contribution < 1.29 is 42.9 Å². The van der Waals surface area contributed by atoms with Crippen molar-refractivity contribution >= 4 is 15.2 Å². The lowest BCUT2D eigenvalue weighted by molar-refractivity contribution is 0.323. The van der Waals surface area contributed by atoms with Gasteiger partial charge in [-0.25, -0.2) is 0 Å². The quantitative estimate of drug-likeness (QED) is 0.525. The Morgan fingerprint density at radius 3 is 1.59 bits per heavy atom. The lowest BCUT2D eigenvalue weighted by Crippen LogP contribution is -2.13. The Morgan fingerprint density at radius 1 is 0.909 bits per heavy atom. The molecule has 0 fully saturated rings. The van der Waals surface area contributed by atoms with Crippen LogP contribution in [-0.2, 0) is 15.6 Å². The second-order valence-electron chi connectivity index (χ2n) is 4.40. The fourth-order valence-electron chi connectivity index (χ4n) is 1.90. The van der Waals surface area contributed by atoms with Crippen molar-refractivity contribution in [1.29, 1.82) is 0 Å². The summed E-state index contributed by atoms with van der Waals surface area (Å²) < 4.78 is 37.9. The summed E-state index contributed by atoms with van der Waals surface area (Å²) in [5.41, 5.74) is 0.228. The number of hydrogen-bond donors (Lipinski definition) is 4. The molecule has 0 aromatic heterocycles. The van der Waals surface area contributed by atoms with Gasteiger partial charge in [-0.15, -0.1) is 0 Å². The first-order chi connectivity index (χ1) is 10.0. The zero-order valence-electron chi connectivity index (χ0n) is 12.2.